The van der Waals surface area contributed by atoms with Gasteiger partial charge in [-0.25, -0.2) is 4.79 Å². The van der Waals surface area contributed by atoms with Crippen LogP contribution in [0.5, 0.6) is 0 Å². The predicted molar refractivity (Wildman–Crippen MR) is 395 cm³/mol. The van der Waals surface area contributed by atoms with E-state index in [4.69, 9.17) is 82.2 Å². The van der Waals surface area contributed by atoms with Crippen molar-refractivity contribution in [3.63, 3.8) is 0 Å². The number of amides is 1. The molecule has 35 unspecified atom stereocenters. The zero-order chi connectivity index (χ0) is 86.5. The van der Waals surface area contributed by atoms with Gasteiger partial charge in [-0.3, -0.25) is 15.0 Å². The SMILES string of the molecule is COC(=O)C(C)(CCCNC(=N)N)NC(=O)C1OC(O[C@H]2CC[C@@]3(C)C(CC[C@]4(C)C3CC=C3C5CC(C)(C)CC[C@]5(C(=O)OC5OC(C)C(O)C(O)C5OC5OC(C)C(OC6OCC(O)C(OC7OCC(O)(CO)C7O)C6O)C(C)C5O)[C@H](O)C[C@]34C)[C@]2(C)C=O)C(OC2OC(CO)C(O)C(O)C2O)C(OC2OCC(O)C(O)C2O)C1O. The maximum absolute atomic E-state index is 15.9. The molecule has 0 aromatic carbocycles. The van der Waals surface area contributed by atoms with Crippen LogP contribution in [0.3, 0.4) is 0 Å². The molecule has 118 heavy (non-hydrogen) atoms. The highest BCUT2D eigenvalue weighted by atomic mass is 16.8. The number of aliphatic hydroxyl groups excluding tert-OH is 16. The van der Waals surface area contributed by atoms with Crippen molar-refractivity contribution in [2.24, 2.45) is 61.9 Å². The first kappa shape index (κ1) is 93.1. The molecule has 0 spiro atoms. The topological polar surface area (TPSA) is 625 Å². The molecule has 7 aliphatic heterocycles. The fourth-order valence-corrected chi connectivity index (χ4v) is 21.7. The van der Waals surface area contributed by atoms with Gasteiger partial charge in [0.15, 0.2) is 55.9 Å². The average Bonchev–Trinajstić information content (AvgIpc) is 0.730. The van der Waals surface area contributed by atoms with Crippen LogP contribution in [-0.4, -0.2) is 365 Å². The first-order valence-corrected chi connectivity index (χ1v) is 41.0. The lowest BCUT2D eigenvalue weighted by molar-refractivity contribution is -0.391. The molecular weight excluding hydrogens is 1570 g/mol. The Morgan fingerprint density at radius 1 is 0.627 bits per heavy atom. The summed E-state index contributed by atoms with van der Waals surface area (Å²) in [5.74, 6) is -5.79. The number of hydrogen-bond acceptors (Lipinski definition) is 37. The van der Waals surface area contributed by atoms with Crippen LogP contribution >= 0.6 is 0 Å². The quantitative estimate of drug-likeness (QED) is 0.00814. The zero-order valence-corrected chi connectivity index (χ0v) is 68.3. The molecule has 12 aliphatic rings. The van der Waals surface area contributed by atoms with E-state index < -0.39 is 303 Å². The Kier molecular flexibility index (Phi) is 27.9. The van der Waals surface area contributed by atoms with Gasteiger partial charge in [0.2, 0.25) is 6.29 Å². The maximum atomic E-state index is 15.9. The average molecular weight is 1700 g/mol. The van der Waals surface area contributed by atoms with Gasteiger partial charge in [-0.15, -0.1) is 0 Å². The number of nitrogens with one attached hydrogen (secondary N) is 3. The molecule has 0 radical (unpaired) electrons. The number of methoxy groups -OCH3 is 1. The fraction of sp³-hybridized carbons (Fsp3) is 0.910. The van der Waals surface area contributed by atoms with Crippen molar-refractivity contribution in [2.45, 2.75) is 342 Å². The molecule has 40 heteroatoms. The van der Waals surface area contributed by atoms with Crippen LogP contribution in [0, 0.1) is 61.6 Å². The van der Waals surface area contributed by atoms with Gasteiger partial charge in [0, 0.05) is 12.5 Å². The van der Waals surface area contributed by atoms with Gasteiger partial charge in [0.05, 0.1) is 76.1 Å². The highest BCUT2D eigenvalue weighted by Crippen LogP contribution is 2.76. The van der Waals surface area contributed by atoms with Crippen molar-refractivity contribution in [2.75, 3.05) is 46.7 Å². The molecule has 674 valence electrons. The summed E-state index contributed by atoms with van der Waals surface area (Å²) in [6, 6.07) is 0. The predicted octanol–water partition coefficient (Wildman–Crippen LogP) is -5.84. The normalized spacial score (nSPS) is 50.6. The molecule has 42 atom stereocenters. The summed E-state index contributed by atoms with van der Waals surface area (Å²) in [4.78, 5) is 59.2. The van der Waals surface area contributed by atoms with E-state index in [2.05, 4.69) is 51.3 Å². The zero-order valence-electron chi connectivity index (χ0n) is 68.3. The monoisotopic (exact) mass is 1690 g/mol. The van der Waals surface area contributed by atoms with E-state index >= 15 is 9.59 Å². The molecular formula is C78H126N4O36. The molecule has 22 N–H and O–H groups in total. The molecule has 40 nitrogen and oxygen atoms in total. The Hall–Kier alpha value is -4.11. The lowest BCUT2D eigenvalue weighted by Crippen LogP contribution is -2.70. The molecule has 7 saturated heterocycles. The van der Waals surface area contributed by atoms with E-state index in [1.54, 1.807) is 20.8 Å². The van der Waals surface area contributed by atoms with E-state index in [1.165, 1.54) is 13.8 Å². The van der Waals surface area contributed by atoms with Gasteiger partial charge in [-0.05, 0) is 131 Å². The summed E-state index contributed by atoms with van der Waals surface area (Å²) in [6.45, 7) is 14.9. The van der Waals surface area contributed by atoms with E-state index in [1.807, 2.05) is 0 Å². The summed E-state index contributed by atoms with van der Waals surface area (Å²) < 4.78 is 91.1. The molecule has 1 amide bonds. The van der Waals surface area contributed by atoms with Crippen molar-refractivity contribution in [1.29, 1.82) is 5.41 Å². The molecule has 0 aromatic rings. The van der Waals surface area contributed by atoms with Crippen molar-refractivity contribution >= 4 is 30.1 Å². The molecule has 7 heterocycles. The molecule has 11 fully saturated rings. The lowest BCUT2D eigenvalue weighted by Gasteiger charge is -2.71. The van der Waals surface area contributed by atoms with Crippen molar-refractivity contribution in [1.82, 2.24) is 10.6 Å². The summed E-state index contributed by atoms with van der Waals surface area (Å²) in [6.07, 6.45) is -48.0. The van der Waals surface area contributed by atoms with Crippen LogP contribution in [0.2, 0.25) is 0 Å². The Morgan fingerprint density at radius 2 is 1.25 bits per heavy atom. The van der Waals surface area contributed by atoms with Gasteiger partial charge in [0.1, 0.15) is 127 Å². The number of guanidine groups is 1. The van der Waals surface area contributed by atoms with Gasteiger partial charge >= 0.3 is 11.9 Å². The second-order valence-corrected chi connectivity index (χ2v) is 37.0. The number of nitrogens with two attached hydrogens (primary N) is 1. The number of allylic oxidation sites excluding steroid dienone is 2. The third kappa shape index (κ3) is 16.6. The first-order chi connectivity index (χ1) is 55.3. The molecule has 0 bridgehead atoms. The second kappa shape index (κ2) is 35.4. The van der Waals surface area contributed by atoms with E-state index in [0.717, 1.165) is 19.0 Å². The Morgan fingerprint density at radius 3 is 1.91 bits per heavy atom. The molecule has 12 rings (SSSR count). The van der Waals surface area contributed by atoms with E-state index in [9.17, 15) is 96.4 Å². The third-order valence-corrected chi connectivity index (χ3v) is 29.2. The van der Waals surface area contributed by atoms with Gasteiger partial charge in [-0.1, -0.05) is 60.1 Å². The van der Waals surface area contributed by atoms with Crippen LogP contribution < -0.4 is 16.4 Å². The number of carbonyl (C=O) groups excluding carboxylic acids is 4. The van der Waals surface area contributed by atoms with Gasteiger partial charge in [0.25, 0.3) is 5.91 Å². The second-order valence-electron chi connectivity index (χ2n) is 37.0. The number of rotatable bonds is 24. The van der Waals surface area contributed by atoms with E-state index in [0.29, 0.717) is 38.5 Å². The minimum absolute atomic E-state index is 0.0425. The number of ether oxygens (including phenoxy) is 15. The molecule has 5 aliphatic carbocycles. The van der Waals surface area contributed by atoms with Gasteiger partial charge in [-0.2, -0.15) is 0 Å². The Balaban J connectivity index is 0.805. The lowest BCUT2D eigenvalue weighted by atomic mass is 9.33. The van der Waals surface area contributed by atoms with Crippen LogP contribution in [0.1, 0.15) is 140 Å². The summed E-state index contributed by atoms with van der Waals surface area (Å²) in [5, 5.41) is 204. The smallest absolute Gasteiger partial charge is 0.331 e. The number of fused-ring (bicyclic) bond motifs is 7. The van der Waals surface area contributed by atoms with Crippen LogP contribution in [0.15, 0.2) is 11.6 Å². The third-order valence-electron chi connectivity index (χ3n) is 29.2. The number of aldehydes is 1. The number of carbonyl (C=O) groups is 4. The van der Waals surface area contributed by atoms with Crippen molar-refractivity contribution in [3.8, 4) is 0 Å². The summed E-state index contributed by atoms with van der Waals surface area (Å²) in [5.41, 5.74) is -3.40. The van der Waals surface area contributed by atoms with E-state index in [-0.39, 0.29) is 50.5 Å². The number of esters is 2. The number of hydrogen-bond donors (Lipinski definition) is 21. The maximum Gasteiger partial charge on any atom is 0.331 e. The van der Waals surface area contributed by atoms with Crippen molar-refractivity contribution in [3.05, 3.63) is 11.6 Å². The highest BCUT2D eigenvalue weighted by Gasteiger charge is 2.73. The van der Waals surface area contributed by atoms with Crippen LogP contribution in [0.4, 0.5) is 0 Å². The number of aliphatic hydroxyl groups is 17. The summed E-state index contributed by atoms with van der Waals surface area (Å²) >= 11 is 0. The van der Waals surface area contributed by atoms with Crippen LogP contribution in [0.25, 0.3) is 0 Å². The highest BCUT2D eigenvalue weighted by molar-refractivity contribution is 5.90. The van der Waals surface area contributed by atoms with Gasteiger partial charge < -0.3 is 179 Å². The largest absolute Gasteiger partial charge is 0.467 e. The standard InChI is InChI=1S/C78H126N4O36/c1-31-43(89)63(109-33(3)53(31)112-62-52(98)54(37(87)27-106-62)113-67-59(99)77(103,29-85)30-107-67)116-57-48(94)44(90)32(2)108-65(57)118-69(102)78-21-20-71(4,5)23-35(78)34-13-14-40-72(6)18-16-42(73(7,28-84)39(72)15-19-74(40,8)75(34,9)24-41(78)88)111-66-58(117-64-50(96)47(93)46(92)38(25-83)110-64)55(114-61-49(95)45(91)36(86)26-105-61)51(97)56(115-66)60(100)82-76(10,68(101)104-11)17-12-22-81-70(79)80/h13,28,31-33,35-59,61-67,83,85-99,103H,12,14-27,29-30H2,1-11H3,(H,82,100)(H4,79,80,81)/t31?,32?,33?,35?,36?,37?,38?,39?,40?,41-,42+,43?,44?,45?,46?,47?,48?,49?,50?,51?,52?,53?,54?,55?,56?,57?,58?,59?,61?,62?,63?,64?,65?,66?,67?,72+,73+,74-,75-,76?,77?,78-/m1/s1. The Labute approximate surface area is 682 Å². The fourth-order valence-electron chi connectivity index (χ4n) is 21.7. The molecule has 0 aromatic heterocycles. The minimum atomic E-state index is -2.27. The summed E-state index contributed by atoms with van der Waals surface area (Å²) in [7, 11) is 1.07. The Bertz CT molecular complexity index is 3560. The van der Waals surface area contributed by atoms with Crippen molar-refractivity contribution < 1.29 is 177 Å². The molecule has 4 saturated carbocycles. The minimum Gasteiger partial charge on any atom is -0.467 e. The van der Waals surface area contributed by atoms with Crippen LogP contribution in [-0.2, 0) is 90.2 Å². The first-order valence-electron chi connectivity index (χ1n) is 41.0.